The zero-order valence-electron chi connectivity index (χ0n) is 10.0. The number of nitrogens with one attached hydrogen (secondary N) is 1. The lowest BCUT2D eigenvalue weighted by molar-refractivity contribution is 0.0916. The van der Waals surface area contributed by atoms with Gasteiger partial charge in [0.05, 0.1) is 13.2 Å². The van der Waals surface area contributed by atoms with Gasteiger partial charge in [-0.25, -0.2) is 0 Å². The van der Waals surface area contributed by atoms with Crippen LogP contribution in [0.5, 0.6) is 5.88 Å². The van der Waals surface area contributed by atoms with Crippen LogP contribution < -0.4 is 10.1 Å². The molecule has 0 aliphatic carbocycles. The van der Waals surface area contributed by atoms with Crippen LogP contribution in [0.1, 0.15) is 21.9 Å². The lowest BCUT2D eigenvalue weighted by Crippen LogP contribution is -2.24. The summed E-state index contributed by atoms with van der Waals surface area (Å²) >= 11 is 1.73. The highest BCUT2D eigenvalue weighted by Crippen LogP contribution is 2.11. The molecule has 0 radical (unpaired) electrons. The number of hydrogen-bond acceptors (Lipinski definition) is 5. The second-order valence-corrected chi connectivity index (χ2v) is 4.70. The first-order chi connectivity index (χ1) is 8.79. The van der Waals surface area contributed by atoms with Gasteiger partial charge in [0.2, 0.25) is 5.76 Å². The summed E-state index contributed by atoms with van der Waals surface area (Å²) in [5.74, 6) is 0.207. The summed E-state index contributed by atoms with van der Waals surface area (Å²) in [6, 6.07) is 5.59. The van der Waals surface area contributed by atoms with Gasteiger partial charge in [-0.2, -0.15) is 0 Å². The van der Waals surface area contributed by atoms with E-state index in [0.29, 0.717) is 12.4 Å². The van der Waals surface area contributed by atoms with Crippen LogP contribution in [-0.4, -0.2) is 24.7 Å². The van der Waals surface area contributed by atoms with Crippen LogP contribution in [0.3, 0.4) is 0 Å². The maximum atomic E-state index is 11.6. The topological polar surface area (TPSA) is 64.4 Å². The van der Waals surface area contributed by atoms with Gasteiger partial charge in [-0.05, 0) is 29.4 Å². The van der Waals surface area contributed by atoms with Crippen molar-refractivity contribution in [2.45, 2.75) is 12.8 Å². The Morgan fingerprint density at radius 1 is 1.61 bits per heavy atom. The molecule has 1 N–H and O–H groups in total. The van der Waals surface area contributed by atoms with Gasteiger partial charge < -0.3 is 14.6 Å². The molecule has 0 aliphatic heterocycles. The minimum absolute atomic E-state index is 0.169. The first-order valence-corrected chi connectivity index (χ1v) is 6.49. The fraction of sp³-hybridized carbons (Fsp3) is 0.333. The predicted octanol–water partition coefficient (Wildman–Crippen LogP) is 2.11. The van der Waals surface area contributed by atoms with E-state index in [4.69, 9.17) is 9.26 Å². The minimum Gasteiger partial charge on any atom is -0.479 e. The number of hydrogen-bond donors (Lipinski definition) is 1. The monoisotopic (exact) mass is 266 g/mol. The molecular formula is C12H14N2O3S. The van der Waals surface area contributed by atoms with E-state index in [0.717, 1.165) is 12.8 Å². The highest BCUT2D eigenvalue weighted by atomic mass is 32.1. The van der Waals surface area contributed by atoms with Crippen molar-refractivity contribution in [1.82, 2.24) is 10.5 Å². The Kier molecular flexibility index (Phi) is 4.35. The lowest BCUT2D eigenvalue weighted by atomic mass is 10.2. The van der Waals surface area contributed by atoms with E-state index in [1.807, 2.05) is 6.07 Å². The van der Waals surface area contributed by atoms with Gasteiger partial charge in [0.25, 0.3) is 11.8 Å². The highest BCUT2D eigenvalue weighted by Gasteiger charge is 2.12. The average Bonchev–Trinajstić information content (AvgIpc) is 3.05. The summed E-state index contributed by atoms with van der Waals surface area (Å²) in [4.78, 5) is 13.0. The van der Waals surface area contributed by atoms with Gasteiger partial charge in [-0.3, -0.25) is 4.79 Å². The van der Waals surface area contributed by atoms with Gasteiger partial charge in [-0.15, -0.1) is 11.3 Å². The van der Waals surface area contributed by atoms with Crippen LogP contribution in [0.2, 0.25) is 0 Å². The molecular weight excluding hydrogens is 252 g/mol. The molecule has 0 saturated heterocycles. The van der Waals surface area contributed by atoms with Gasteiger partial charge in [0.1, 0.15) is 0 Å². The molecule has 0 unspecified atom stereocenters. The number of aromatic nitrogens is 1. The van der Waals surface area contributed by atoms with E-state index in [1.54, 1.807) is 11.3 Å². The first-order valence-electron chi connectivity index (χ1n) is 5.61. The molecule has 0 saturated carbocycles. The molecule has 5 nitrogen and oxygen atoms in total. The molecule has 0 bridgehead atoms. The molecule has 18 heavy (non-hydrogen) atoms. The number of amides is 1. The van der Waals surface area contributed by atoms with Gasteiger partial charge in [0, 0.05) is 11.4 Å². The third kappa shape index (κ3) is 3.33. The van der Waals surface area contributed by atoms with Crippen molar-refractivity contribution >= 4 is 17.2 Å². The van der Waals surface area contributed by atoms with Crippen LogP contribution in [0.25, 0.3) is 0 Å². The van der Waals surface area contributed by atoms with Gasteiger partial charge in [-0.1, -0.05) is 6.07 Å². The quantitative estimate of drug-likeness (QED) is 0.813. The normalized spacial score (nSPS) is 10.3. The molecule has 2 rings (SSSR count). The standard InChI is InChI=1S/C12H14N2O3S/c1-16-11-8-10(17-14-11)12(15)13-6-2-4-9-5-3-7-18-9/h3,5,7-8H,2,4,6H2,1H3,(H,13,15). The Balaban J connectivity index is 1.71. The van der Waals surface area contributed by atoms with E-state index in [1.165, 1.54) is 18.1 Å². The Labute approximate surface area is 109 Å². The number of nitrogens with zero attached hydrogens (tertiary/aromatic N) is 1. The third-order valence-electron chi connectivity index (χ3n) is 2.39. The van der Waals surface area contributed by atoms with Crippen LogP contribution in [-0.2, 0) is 6.42 Å². The summed E-state index contributed by atoms with van der Waals surface area (Å²) < 4.78 is 9.67. The van der Waals surface area contributed by atoms with Crippen LogP contribution in [0.15, 0.2) is 28.1 Å². The van der Waals surface area contributed by atoms with Crippen molar-refractivity contribution < 1.29 is 14.1 Å². The van der Waals surface area contributed by atoms with Crippen molar-refractivity contribution in [3.63, 3.8) is 0 Å². The minimum atomic E-state index is -0.267. The number of methoxy groups -OCH3 is 1. The number of rotatable bonds is 6. The largest absolute Gasteiger partial charge is 0.479 e. The number of aryl methyl sites for hydroxylation is 1. The maximum absolute atomic E-state index is 11.6. The predicted molar refractivity (Wildman–Crippen MR) is 68.0 cm³/mol. The van der Waals surface area contributed by atoms with Crippen LogP contribution >= 0.6 is 11.3 Å². The molecule has 1 amide bonds. The molecule has 0 aliphatic rings. The summed E-state index contributed by atoms with van der Waals surface area (Å²) in [5.41, 5.74) is 0. The van der Waals surface area contributed by atoms with E-state index >= 15 is 0 Å². The average molecular weight is 266 g/mol. The first kappa shape index (κ1) is 12.6. The fourth-order valence-corrected chi connectivity index (χ4v) is 2.22. The van der Waals surface area contributed by atoms with E-state index in [9.17, 15) is 4.79 Å². The zero-order chi connectivity index (χ0) is 12.8. The van der Waals surface area contributed by atoms with E-state index < -0.39 is 0 Å². The molecule has 96 valence electrons. The summed E-state index contributed by atoms with van der Waals surface area (Å²) in [6.07, 6.45) is 1.87. The zero-order valence-corrected chi connectivity index (χ0v) is 10.8. The molecule has 2 aromatic heterocycles. The van der Waals surface area contributed by atoms with Gasteiger partial charge >= 0.3 is 0 Å². The van der Waals surface area contributed by atoms with Crippen molar-refractivity contribution in [3.05, 3.63) is 34.2 Å². The van der Waals surface area contributed by atoms with Crippen molar-refractivity contribution in [1.29, 1.82) is 0 Å². The highest BCUT2D eigenvalue weighted by molar-refractivity contribution is 7.09. The SMILES string of the molecule is COc1cc(C(=O)NCCCc2cccs2)on1. The molecule has 2 heterocycles. The Morgan fingerprint density at radius 2 is 2.50 bits per heavy atom. The number of ether oxygens (including phenoxy) is 1. The Bertz CT molecular complexity index is 493. The third-order valence-corrected chi connectivity index (χ3v) is 3.32. The Morgan fingerprint density at radius 3 is 3.17 bits per heavy atom. The molecule has 0 atom stereocenters. The van der Waals surface area contributed by atoms with Crippen molar-refractivity contribution in [3.8, 4) is 5.88 Å². The lowest BCUT2D eigenvalue weighted by Gasteiger charge is -2.01. The number of carbonyl (C=O) groups excluding carboxylic acids is 1. The second-order valence-electron chi connectivity index (χ2n) is 3.67. The fourth-order valence-electron chi connectivity index (χ4n) is 1.47. The summed E-state index contributed by atoms with van der Waals surface area (Å²) in [6.45, 7) is 0.611. The maximum Gasteiger partial charge on any atom is 0.290 e. The van der Waals surface area contributed by atoms with Gasteiger partial charge in [0.15, 0.2) is 0 Å². The molecule has 0 aromatic carbocycles. The summed E-state index contributed by atoms with van der Waals surface area (Å²) in [5, 5.41) is 8.39. The number of thiophene rings is 1. The number of carbonyl (C=O) groups is 1. The Hall–Kier alpha value is -1.82. The van der Waals surface area contributed by atoms with Crippen molar-refractivity contribution in [2.24, 2.45) is 0 Å². The second kappa shape index (κ2) is 6.20. The smallest absolute Gasteiger partial charge is 0.290 e. The molecule has 2 aromatic rings. The summed E-state index contributed by atoms with van der Waals surface area (Å²) in [7, 11) is 1.47. The molecule has 6 heteroatoms. The van der Waals surface area contributed by atoms with Crippen LogP contribution in [0, 0.1) is 0 Å². The van der Waals surface area contributed by atoms with E-state index in [-0.39, 0.29) is 11.7 Å². The van der Waals surface area contributed by atoms with E-state index in [2.05, 4.69) is 21.9 Å². The van der Waals surface area contributed by atoms with Crippen LogP contribution in [0.4, 0.5) is 0 Å². The molecule has 0 spiro atoms. The molecule has 0 fully saturated rings. The van der Waals surface area contributed by atoms with Crippen molar-refractivity contribution in [2.75, 3.05) is 13.7 Å².